The Morgan fingerprint density at radius 1 is 1.13 bits per heavy atom. The zero-order valence-corrected chi connectivity index (χ0v) is 18.0. The van der Waals surface area contributed by atoms with Crippen LogP contribution in [0.3, 0.4) is 0 Å². The number of carbonyl (C=O) groups excluding carboxylic acids is 1. The summed E-state index contributed by atoms with van der Waals surface area (Å²) in [6.07, 6.45) is 0.0166. The van der Waals surface area contributed by atoms with E-state index in [9.17, 15) is 13.2 Å². The van der Waals surface area contributed by atoms with E-state index in [0.29, 0.717) is 27.5 Å². The number of nitrogens with one attached hydrogen (secondary N) is 1. The van der Waals surface area contributed by atoms with Gasteiger partial charge in [-0.3, -0.25) is 4.79 Å². The number of nitrogens with two attached hydrogens (primary N) is 1. The van der Waals surface area contributed by atoms with Gasteiger partial charge in [-0.1, -0.05) is 35.9 Å². The van der Waals surface area contributed by atoms with Crippen LogP contribution in [0, 0.1) is 18.3 Å². The Bertz CT molecular complexity index is 1300. The molecule has 31 heavy (non-hydrogen) atoms. The van der Waals surface area contributed by atoms with Crippen molar-refractivity contribution in [1.29, 1.82) is 5.26 Å². The minimum Gasteiger partial charge on any atom is -0.456 e. The lowest BCUT2D eigenvalue weighted by Gasteiger charge is -2.14. The van der Waals surface area contributed by atoms with Crippen LogP contribution in [0.15, 0.2) is 65.6 Å². The van der Waals surface area contributed by atoms with Crippen LogP contribution in [0.1, 0.15) is 16.7 Å². The summed E-state index contributed by atoms with van der Waals surface area (Å²) in [5, 5.41) is 17.5. The van der Waals surface area contributed by atoms with Gasteiger partial charge in [0.25, 0.3) is 0 Å². The number of benzene rings is 3. The summed E-state index contributed by atoms with van der Waals surface area (Å²) in [6.45, 7) is 1.76. The molecule has 0 aromatic heterocycles. The molecule has 0 unspecified atom stereocenters. The fraction of sp³-hybridized carbons (Fsp3) is 0.0909. The van der Waals surface area contributed by atoms with E-state index in [4.69, 9.17) is 26.7 Å². The first kappa shape index (κ1) is 22.3. The highest BCUT2D eigenvalue weighted by molar-refractivity contribution is 7.89. The number of amides is 1. The number of nitrogens with zero attached hydrogens (tertiary/aromatic N) is 1. The molecule has 0 radical (unpaired) electrons. The van der Waals surface area contributed by atoms with Gasteiger partial charge in [0.1, 0.15) is 16.4 Å². The Labute approximate surface area is 185 Å². The Morgan fingerprint density at radius 2 is 1.87 bits per heavy atom. The molecule has 3 N–H and O–H groups in total. The van der Waals surface area contributed by atoms with Gasteiger partial charge in [0, 0.05) is 10.7 Å². The first-order valence-corrected chi connectivity index (χ1v) is 11.0. The summed E-state index contributed by atoms with van der Waals surface area (Å²) in [6, 6.07) is 17.9. The topological polar surface area (TPSA) is 122 Å². The van der Waals surface area contributed by atoms with Gasteiger partial charge in [-0.05, 0) is 54.4 Å². The monoisotopic (exact) mass is 455 g/mol. The summed E-state index contributed by atoms with van der Waals surface area (Å²) in [5.74, 6) is -0.0797. The summed E-state index contributed by atoms with van der Waals surface area (Å²) in [4.78, 5) is 12.1. The average Bonchev–Trinajstić information content (AvgIpc) is 2.71. The Hall–Kier alpha value is -3.38. The molecule has 0 spiro atoms. The van der Waals surface area contributed by atoms with Gasteiger partial charge in [-0.15, -0.1) is 0 Å². The Balaban J connectivity index is 1.88. The van der Waals surface area contributed by atoms with Gasteiger partial charge in [0.05, 0.1) is 18.1 Å². The maximum absolute atomic E-state index is 12.4. The number of nitriles is 1. The first-order chi connectivity index (χ1) is 14.7. The molecular formula is C22H18ClN3O4S. The van der Waals surface area contributed by atoms with Gasteiger partial charge in [-0.25, -0.2) is 13.6 Å². The summed E-state index contributed by atoms with van der Waals surface area (Å²) in [7, 11) is -4.17. The number of ether oxygens (including phenoxy) is 1. The van der Waals surface area contributed by atoms with Crippen molar-refractivity contribution in [3.63, 3.8) is 0 Å². The van der Waals surface area contributed by atoms with Gasteiger partial charge in [-0.2, -0.15) is 5.26 Å². The second kappa shape index (κ2) is 9.18. The highest BCUT2D eigenvalue weighted by atomic mass is 35.5. The fourth-order valence-corrected chi connectivity index (χ4v) is 3.69. The zero-order valence-electron chi connectivity index (χ0n) is 16.4. The highest BCUT2D eigenvalue weighted by Gasteiger charge is 2.19. The summed E-state index contributed by atoms with van der Waals surface area (Å²) >= 11 is 6.08. The van der Waals surface area contributed by atoms with Crippen LogP contribution in [0.5, 0.6) is 11.5 Å². The molecule has 0 aliphatic heterocycles. The van der Waals surface area contributed by atoms with Crippen molar-refractivity contribution in [1.82, 2.24) is 0 Å². The quantitative estimate of drug-likeness (QED) is 0.578. The van der Waals surface area contributed by atoms with Crippen molar-refractivity contribution >= 4 is 33.2 Å². The van der Waals surface area contributed by atoms with E-state index in [-0.39, 0.29) is 28.7 Å². The number of halogens is 1. The lowest BCUT2D eigenvalue weighted by atomic mass is 10.1. The maximum Gasteiger partial charge on any atom is 0.241 e. The maximum atomic E-state index is 12.4. The number of carbonyl (C=O) groups is 1. The van der Waals surface area contributed by atoms with E-state index in [1.165, 1.54) is 24.3 Å². The van der Waals surface area contributed by atoms with Gasteiger partial charge >= 0.3 is 0 Å². The third-order valence-electron chi connectivity index (χ3n) is 4.38. The van der Waals surface area contributed by atoms with Crippen LogP contribution < -0.4 is 15.2 Å². The van der Waals surface area contributed by atoms with Crippen LogP contribution in [0.4, 0.5) is 5.69 Å². The third-order valence-corrected chi connectivity index (χ3v) is 5.68. The van der Waals surface area contributed by atoms with E-state index in [1.807, 2.05) is 6.07 Å². The van der Waals surface area contributed by atoms with Gasteiger partial charge < -0.3 is 10.1 Å². The molecule has 158 valence electrons. The van der Waals surface area contributed by atoms with Gasteiger partial charge in [0.15, 0.2) is 0 Å². The third kappa shape index (κ3) is 5.61. The smallest absolute Gasteiger partial charge is 0.241 e. The molecule has 0 saturated carbocycles. The number of hydrogen-bond donors (Lipinski definition) is 2. The van der Waals surface area contributed by atoms with Crippen molar-refractivity contribution in [2.45, 2.75) is 18.2 Å². The lowest BCUT2D eigenvalue weighted by molar-refractivity contribution is -0.115. The van der Waals surface area contributed by atoms with Crippen LogP contribution in [0.25, 0.3) is 0 Å². The number of primary sulfonamides is 1. The molecule has 0 aliphatic rings. The fourth-order valence-electron chi connectivity index (χ4n) is 2.81. The lowest BCUT2D eigenvalue weighted by Crippen LogP contribution is -2.17. The predicted octanol–water partition coefficient (Wildman–Crippen LogP) is 4.14. The zero-order chi connectivity index (χ0) is 22.6. The van der Waals surface area contributed by atoms with E-state index >= 15 is 0 Å². The van der Waals surface area contributed by atoms with E-state index in [2.05, 4.69) is 5.32 Å². The molecule has 3 aromatic rings. The minimum atomic E-state index is -4.17. The number of sulfonamides is 1. The summed E-state index contributed by atoms with van der Waals surface area (Å²) < 4.78 is 30.0. The number of anilines is 1. The molecule has 0 fully saturated rings. The second-order valence-corrected chi connectivity index (χ2v) is 8.65. The van der Waals surface area contributed by atoms with Crippen molar-refractivity contribution in [3.05, 3.63) is 82.4 Å². The molecule has 1 amide bonds. The van der Waals surface area contributed by atoms with Crippen LogP contribution in [0.2, 0.25) is 5.02 Å². The molecule has 0 atom stereocenters. The summed E-state index contributed by atoms with van der Waals surface area (Å²) in [5.41, 5.74) is 1.94. The highest BCUT2D eigenvalue weighted by Crippen LogP contribution is 2.32. The van der Waals surface area contributed by atoms with Gasteiger partial charge in [0.2, 0.25) is 15.9 Å². The largest absolute Gasteiger partial charge is 0.456 e. The first-order valence-electron chi connectivity index (χ1n) is 9.06. The van der Waals surface area contributed by atoms with Crippen molar-refractivity contribution < 1.29 is 17.9 Å². The van der Waals surface area contributed by atoms with Crippen molar-refractivity contribution in [2.24, 2.45) is 5.14 Å². The number of hydrogen-bond acceptors (Lipinski definition) is 5. The molecular weight excluding hydrogens is 438 g/mol. The standard InChI is InChI=1S/C22H18ClN3O4S/c1-14-6-7-15(13-24)10-20(14)30-19-9-8-17(12-21(19)31(25,28)29)26-22(27)11-16-4-2-3-5-18(16)23/h2-10,12H,11H2,1H3,(H,26,27)(H2,25,28,29). The van der Waals surface area contributed by atoms with Crippen LogP contribution in [-0.4, -0.2) is 14.3 Å². The van der Waals surface area contributed by atoms with Crippen LogP contribution >= 0.6 is 11.6 Å². The van der Waals surface area contributed by atoms with Crippen molar-refractivity contribution in [3.8, 4) is 17.6 Å². The molecule has 7 nitrogen and oxygen atoms in total. The number of rotatable bonds is 6. The molecule has 9 heteroatoms. The predicted molar refractivity (Wildman–Crippen MR) is 118 cm³/mol. The molecule has 0 bridgehead atoms. The minimum absolute atomic E-state index is 0.0166. The molecule has 3 aromatic carbocycles. The molecule has 0 saturated heterocycles. The average molecular weight is 456 g/mol. The van der Waals surface area contributed by atoms with E-state index in [0.717, 1.165) is 0 Å². The van der Waals surface area contributed by atoms with Crippen molar-refractivity contribution in [2.75, 3.05) is 5.32 Å². The Morgan fingerprint density at radius 3 is 2.55 bits per heavy atom. The normalized spacial score (nSPS) is 10.9. The van der Waals surface area contributed by atoms with E-state index in [1.54, 1.807) is 43.3 Å². The SMILES string of the molecule is Cc1ccc(C#N)cc1Oc1ccc(NC(=O)Cc2ccccc2Cl)cc1S(N)(=O)=O. The molecule has 3 rings (SSSR count). The van der Waals surface area contributed by atoms with Crippen LogP contribution in [-0.2, 0) is 21.2 Å². The molecule has 0 aliphatic carbocycles. The Kier molecular flexibility index (Phi) is 6.61. The number of aryl methyl sites for hydroxylation is 1. The van der Waals surface area contributed by atoms with E-state index < -0.39 is 10.0 Å². The molecule has 0 heterocycles. The second-order valence-electron chi connectivity index (χ2n) is 6.72.